The van der Waals surface area contributed by atoms with Gasteiger partial charge in [-0.15, -0.1) is 0 Å². The van der Waals surface area contributed by atoms with Gasteiger partial charge in [-0.25, -0.2) is 0 Å². The van der Waals surface area contributed by atoms with Crippen molar-refractivity contribution < 1.29 is 4.74 Å². The molecular formula is C18H29NO. The maximum Gasteiger partial charge on any atom is 0.120 e. The van der Waals surface area contributed by atoms with E-state index in [0.29, 0.717) is 18.1 Å². The molecule has 2 rings (SSSR count). The van der Waals surface area contributed by atoms with Gasteiger partial charge in [0.2, 0.25) is 0 Å². The third-order valence-corrected chi connectivity index (χ3v) is 4.38. The highest BCUT2D eigenvalue weighted by Crippen LogP contribution is 2.29. The van der Waals surface area contributed by atoms with Crippen LogP contribution in [0.1, 0.15) is 64.5 Å². The van der Waals surface area contributed by atoms with E-state index < -0.39 is 0 Å². The molecule has 0 radical (unpaired) electrons. The van der Waals surface area contributed by atoms with E-state index in [1.54, 1.807) is 0 Å². The van der Waals surface area contributed by atoms with Crippen molar-refractivity contribution in [1.29, 1.82) is 0 Å². The van der Waals surface area contributed by atoms with E-state index in [1.807, 2.05) is 0 Å². The smallest absolute Gasteiger partial charge is 0.120 e. The molecule has 1 aromatic carbocycles. The van der Waals surface area contributed by atoms with Crippen LogP contribution >= 0.6 is 0 Å². The SMILES string of the molecule is CCCNC(C)c1cccc(OC2CCCCC2C)c1. The summed E-state index contributed by atoms with van der Waals surface area (Å²) in [6.07, 6.45) is 6.74. The topological polar surface area (TPSA) is 21.3 Å². The average molecular weight is 275 g/mol. The first-order valence-electron chi connectivity index (χ1n) is 8.20. The van der Waals surface area contributed by atoms with E-state index >= 15 is 0 Å². The van der Waals surface area contributed by atoms with Gasteiger partial charge in [0.25, 0.3) is 0 Å². The van der Waals surface area contributed by atoms with Gasteiger partial charge in [0.1, 0.15) is 11.9 Å². The van der Waals surface area contributed by atoms with Crippen LogP contribution in [0.25, 0.3) is 0 Å². The molecule has 2 heteroatoms. The number of benzene rings is 1. The van der Waals surface area contributed by atoms with Crippen molar-refractivity contribution in [3.05, 3.63) is 29.8 Å². The predicted octanol–water partition coefficient (Wildman–Crippen LogP) is 4.70. The lowest BCUT2D eigenvalue weighted by molar-refractivity contribution is 0.102. The normalized spacial score (nSPS) is 24.4. The van der Waals surface area contributed by atoms with Crippen LogP contribution in [0, 0.1) is 5.92 Å². The largest absolute Gasteiger partial charge is 0.490 e. The highest BCUT2D eigenvalue weighted by Gasteiger charge is 2.22. The van der Waals surface area contributed by atoms with E-state index in [-0.39, 0.29) is 0 Å². The van der Waals surface area contributed by atoms with Crippen LogP contribution in [-0.2, 0) is 0 Å². The summed E-state index contributed by atoms with van der Waals surface area (Å²) in [6.45, 7) is 7.80. The average Bonchev–Trinajstić information content (AvgIpc) is 2.47. The number of hydrogen-bond acceptors (Lipinski definition) is 2. The van der Waals surface area contributed by atoms with E-state index in [9.17, 15) is 0 Å². The van der Waals surface area contributed by atoms with Gasteiger partial charge < -0.3 is 10.1 Å². The molecule has 0 saturated heterocycles. The predicted molar refractivity (Wildman–Crippen MR) is 85.2 cm³/mol. The van der Waals surface area contributed by atoms with Gasteiger partial charge in [0.15, 0.2) is 0 Å². The Morgan fingerprint density at radius 2 is 2.10 bits per heavy atom. The van der Waals surface area contributed by atoms with Crippen molar-refractivity contribution in [3.63, 3.8) is 0 Å². The Balaban J connectivity index is 1.98. The second-order valence-corrected chi connectivity index (χ2v) is 6.17. The zero-order chi connectivity index (χ0) is 14.4. The van der Waals surface area contributed by atoms with Gasteiger partial charge in [-0.1, -0.05) is 32.4 Å². The molecule has 3 atom stereocenters. The molecule has 3 unspecified atom stereocenters. The molecule has 0 bridgehead atoms. The second-order valence-electron chi connectivity index (χ2n) is 6.17. The molecule has 1 saturated carbocycles. The highest BCUT2D eigenvalue weighted by molar-refractivity contribution is 5.30. The van der Waals surface area contributed by atoms with E-state index in [0.717, 1.165) is 12.3 Å². The van der Waals surface area contributed by atoms with Crippen molar-refractivity contribution in [2.45, 2.75) is 65.0 Å². The lowest BCUT2D eigenvalue weighted by Gasteiger charge is -2.29. The molecule has 0 aliphatic heterocycles. The highest BCUT2D eigenvalue weighted by atomic mass is 16.5. The summed E-state index contributed by atoms with van der Waals surface area (Å²) in [5, 5.41) is 3.53. The van der Waals surface area contributed by atoms with Crippen LogP contribution in [0.2, 0.25) is 0 Å². The third kappa shape index (κ3) is 4.24. The van der Waals surface area contributed by atoms with Crippen molar-refractivity contribution >= 4 is 0 Å². The van der Waals surface area contributed by atoms with Gasteiger partial charge in [0.05, 0.1) is 0 Å². The quantitative estimate of drug-likeness (QED) is 0.812. The van der Waals surface area contributed by atoms with Gasteiger partial charge in [0, 0.05) is 6.04 Å². The first-order chi connectivity index (χ1) is 9.70. The van der Waals surface area contributed by atoms with E-state index in [2.05, 4.69) is 50.4 Å². The summed E-state index contributed by atoms with van der Waals surface area (Å²) in [6, 6.07) is 8.99. The lowest BCUT2D eigenvalue weighted by atomic mass is 9.88. The summed E-state index contributed by atoms with van der Waals surface area (Å²) < 4.78 is 6.24. The van der Waals surface area contributed by atoms with E-state index in [4.69, 9.17) is 4.74 Å². The maximum atomic E-state index is 6.24. The van der Waals surface area contributed by atoms with Gasteiger partial charge in [-0.2, -0.15) is 0 Å². The Labute approximate surface area is 123 Å². The molecule has 1 fully saturated rings. The number of nitrogens with one attached hydrogen (secondary N) is 1. The minimum atomic E-state index is 0.391. The monoisotopic (exact) mass is 275 g/mol. The minimum absolute atomic E-state index is 0.391. The fourth-order valence-corrected chi connectivity index (χ4v) is 2.97. The molecule has 2 nitrogen and oxygen atoms in total. The van der Waals surface area contributed by atoms with Crippen LogP contribution in [0.3, 0.4) is 0 Å². The van der Waals surface area contributed by atoms with Gasteiger partial charge in [-0.3, -0.25) is 0 Å². The van der Waals surface area contributed by atoms with Crippen molar-refractivity contribution in [2.24, 2.45) is 5.92 Å². The first-order valence-corrected chi connectivity index (χ1v) is 8.20. The van der Waals surface area contributed by atoms with Crippen LogP contribution in [0.5, 0.6) is 5.75 Å². The minimum Gasteiger partial charge on any atom is -0.490 e. The molecule has 1 aromatic rings. The fraction of sp³-hybridized carbons (Fsp3) is 0.667. The Hall–Kier alpha value is -1.02. The summed E-state index contributed by atoms with van der Waals surface area (Å²) in [7, 11) is 0. The Morgan fingerprint density at radius 3 is 2.85 bits per heavy atom. The molecule has 0 heterocycles. The summed E-state index contributed by atoms with van der Waals surface area (Å²) in [5.41, 5.74) is 1.32. The lowest BCUT2D eigenvalue weighted by Crippen LogP contribution is -2.28. The molecule has 0 aromatic heterocycles. The van der Waals surface area contributed by atoms with Crippen molar-refractivity contribution in [3.8, 4) is 5.75 Å². The molecular weight excluding hydrogens is 246 g/mol. The van der Waals surface area contributed by atoms with Crippen molar-refractivity contribution in [1.82, 2.24) is 5.32 Å². The molecule has 20 heavy (non-hydrogen) atoms. The summed E-state index contributed by atoms with van der Waals surface area (Å²) in [5.74, 6) is 1.72. The van der Waals surface area contributed by atoms with Crippen LogP contribution in [0.4, 0.5) is 0 Å². The molecule has 1 aliphatic carbocycles. The maximum absolute atomic E-state index is 6.24. The molecule has 1 aliphatic rings. The molecule has 1 N–H and O–H groups in total. The molecule has 0 amide bonds. The summed E-state index contributed by atoms with van der Waals surface area (Å²) >= 11 is 0. The van der Waals surface area contributed by atoms with Crippen LogP contribution < -0.4 is 10.1 Å². The number of ether oxygens (including phenoxy) is 1. The van der Waals surface area contributed by atoms with Gasteiger partial charge in [-0.05, 0) is 62.8 Å². The van der Waals surface area contributed by atoms with Crippen LogP contribution in [0.15, 0.2) is 24.3 Å². The number of hydrogen-bond donors (Lipinski definition) is 1. The van der Waals surface area contributed by atoms with E-state index in [1.165, 1.54) is 37.7 Å². The van der Waals surface area contributed by atoms with Gasteiger partial charge >= 0.3 is 0 Å². The Morgan fingerprint density at radius 1 is 1.30 bits per heavy atom. The Bertz CT molecular complexity index is 404. The fourth-order valence-electron chi connectivity index (χ4n) is 2.97. The Kier molecular flexibility index (Phi) is 5.90. The van der Waals surface area contributed by atoms with Crippen molar-refractivity contribution in [2.75, 3.05) is 6.54 Å². The second kappa shape index (κ2) is 7.68. The first kappa shape index (κ1) is 15.4. The molecule has 112 valence electrons. The summed E-state index contributed by atoms with van der Waals surface area (Å²) in [4.78, 5) is 0. The zero-order valence-electron chi connectivity index (χ0n) is 13.2. The van der Waals surface area contributed by atoms with Crippen LogP contribution in [-0.4, -0.2) is 12.6 Å². The third-order valence-electron chi connectivity index (χ3n) is 4.38. The number of rotatable bonds is 6. The standard InChI is InChI=1S/C18H29NO/c1-4-12-19-15(3)16-9-7-10-17(13-16)20-18-11-6-5-8-14(18)2/h7,9-10,13-15,18-19H,4-6,8,11-12H2,1-3H3. The molecule has 0 spiro atoms. The zero-order valence-corrected chi connectivity index (χ0v) is 13.2.